The van der Waals surface area contributed by atoms with E-state index in [4.69, 9.17) is 0 Å². The molecule has 0 radical (unpaired) electrons. The number of rotatable bonds is 0. The minimum absolute atomic E-state index is 0.319. The fourth-order valence-electron chi connectivity index (χ4n) is 0.0945. The Bertz CT molecular complexity index is 104. The lowest BCUT2D eigenvalue weighted by Gasteiger charge is -2.02. The summed E-state index contributed by atoms with van der Waals surface area (Å²) >= 11 is 0. The molecule has 0 aromatic heterocycles. The molecule has 0 saturated heterocycles. The van der Waals surface area contributed by atoms with Crippen LogP contribution in [0.15, 0.2) is 11.9 Å². The number of hydrogen-bond acceptors (Lipinski definition) is 2. The maximum atomic E-state index is 11.2. The minimum atomic E-state index is -4.48. The molecule has 0 aliphatic carbocycles. The summed E-state index contributed by atoms with van der Waals surface area (Å²) in [5.41, 5.74) is 7.55. The SMILES string of the molecule is NC=C(N)C(F)(F)F. The molecule has 5 heteroatoms. The van der Waals surface area contributed by atoms with Gasteiger partial charge in [-0.2, -0.15) is 13.2 Å². The number of allylic oxidation sites excluding steroid dienone is 1. The molecule has 0 aromatic carbocycles. The number of hydrogen-bond donors (Lipinski definition) is 2. The van der Waals surface area contributed by atoms with Crippen molar-refractivity contribution in [2.24, 2.45) is 11.5 Å². The molecule has 0 saturated carbocycles. The van der Waals surface area contributed by atoms with Crippen molar-refractivity contribution in [3.8, 4) is 0 Å². The topological polar surface area (TPSA) is 52.0 Å². The third kappa shape index (κ3) is 1.72. The van der Waals surface area contributed by atoms with Crippen LogP contribution in [0.4, 0.5) is 13.2 Å². The van der Waals surface area contributed by atoms with Crippen molar-refractivity contribution in [1.29, 1.82) is 0 Å². The van der Waals surface area contributed by atoms with Crippen LogP contribution in [0.2, 0.25) is 0 Å². The standard InChI is InChI=1S/C3H5F3N2/c4-3(5,6)2(8)1-7/h1H,7-8H2. The van der Waals surface area contributed by atoms with Gasteiger partial charge in [0.15, 0.2) is 0 Å². The molecule has 0 atom stereocenters. The Morgan fingerprint density at radius 3 is 1.75 bits per heavy atom. The zero-order chi connectivity index (χ0) is 6.78. The summed E-state index contributed by atoms with van der Waals surface area (Å²) in [5, 5.41) is 0. The van der Waals surface area contributed by atoms with E-state index in [2.05, 4.69) is 11.5 Å². The number of nitrogens with two attached hydrogens (primary N) is 2. The van der Waals surface area contributed by atoms with Gasteiger partial charge < -0.3 is 11.5 Å². The van der Waals surface area contributed by atoms with Crippen LogP contribution in [0.5, 0.6) is 0 Å². The molecule has 0 fully saturated rings. The van der Waals surface area contributed by atoms with Crippen molar-refractivity contribution < 1.29 is 13.2 Å². The molecular formula is C3H5F3N2. The van der Waals surface area contributed by atoms with E-state index in [1.165, 1.54) is 0 Å². The first-order valence-electron chi connectivity index (χ1n) is 1.73. The van der Waals surface area contributed by atoms with Crippen molar-refractivity contribution >= 4 is 0 Å². The van der Waals surface area contributed by atoms with Crippen molar-refractivity contribution in [3.63, 3.8) is 0 Å². The summed E-state index contributed by atoms with van der Waals surface area (Å²) in [6.07, 6.45) is -4.16. The highest BCUT2D eigenvalue weighted by molar-refractivity contribution is 5.00. The van der Waals surface area contributed by atoms with Gasteiger partial charge in [-0.25, -0.2) is 0 Å². The zero-order valence-electron chi connectivity index (χ0n) is 3.87. The molecule has 0 bridgehead atoms. The largest absolute Gasteiger partial charge is 0.432 e. The molecule has 8 heavy (non-hydrogen) atoms. The van der Waals surface area contributed by atoms with Crippen LogP contribution in [-0.4, -0.2) is 6.18 Å². The van der Waals surface area contributed by atoms with E-state index in [-0.39, 0.29) is 0 Å². The smallest absolute Gasteiger partial charge is 0.403 e. The van der Waals surface area contributed by atoms with Crippen molar-refractivity contribution in [2.75, 3.05) is 0 Å². The van der Waals surface area contributed by atoms with Crippen LogP contribution in [0, 0.1) is 0 Å². The molecule has 0 aliphatic heterocycles. The average molecular weight is 126 g/mol. The maximum Gasteiger partial charge on any atom is 0.432 e. The second-order valence-corrected chi connectivity index (χ2v) is 1.12. The second kappa shape index (κ2) is 1.94. The van der Waals surface area contributed by atoms with Gasteiger partial charge in [0, 0.05) is 6.20 Å². The van der Waals surface area contributed by atoms with Crippen molar-refractivity contribution in [1.82, 2.24) is 0 Å². The summed E-state index contributed by atoms with van der Waals surface area (Å²) in [6, 6.07) is 0. The quantitative estimate of drug-likeness (QED) is 0.490. The van der Waals surface area contributed by atoms with Crippen molar-refractivity contribution in [2.45, 2.75) is 6.18 Å². The molecule has 4 N–H and O–H groups in total. The first-order chi connectivity index (χ1) is 3.48. The molecule has 0 aliphatic rings. The van der Waals surface area contributed by atoms with Crippen LogP contribution in [0.25, 0.3) is 0 Å². The summed E-state index contributed by atoms with van der Waals surface area (Å²) < 4.78 is 33.5. The Kier molecular flexibility index (Phi) is 1.72. The first kappa shape index (κ1) is 7.13. The van der Waals surface area contributed by atoms with E-state index >= 15 is 0 Å². The lowest BCUT2D eigenvalue weighted by molar-refractivity contribution is -0.0928. The molecule has 0 heterocycles. The molecule has 0 amide bonds. The van der Waals surface area contributed by atoms with E-state index in [0.717, 1.165) is 0 Å². The Balaban J connectivity index is 4.03. The lowest BCUT2D eigenvalue weighted by atomic mass is 10.5. The Morgan fingerprint density at radius 2 is 1.75 bits per heavy atom. The maximum absolute atomic E-state index is 11.2. The fraction of sp³-hybridized carbons (Fsp3) is 0.333. The van der Waals surface area contributed by atoms with Gasteiger partial charge in [-0.05, 0) is 0 Å². The van der Waals surface area contributed by atoms with Crippen LogP contribution < -0.4 is 11.5 Å². The van der Waals surface area contributed by atoms with Gasteiger partial charge >= 0.3 is 6.18 Å². The highest BCUT2D eigenvalue weighted by atomic mass is 19.4. The fourth-order valence-corrected chi connectivity index (χ4v) is 0.0945. The number of alkyl halides is 3. The van der Waals surface area contributed by atoms with Gasteiger partial charge in [-0.3, -0.25) is 0 Å². The average Bonchev–Trinajstić information content (AvgIpc) is 1.62. The van der Waals surface area contributed by atoms with E-state index in [0.29, 0.717) is 6.20 Å². The summed E-state index contributed by atoms with van der Waals surface area (Å²) in [7, 11) is 0. The lowest BCUT2D eigenvalue weighted by Crippen LogP contribution is -2.20. The molecule has 2 nitrogen and oxygen atoms in total. The van der Waals surface area contributed by atoms with Gasteiger partial charge in [0.2, 0.25) is 0 Å². The van der Waals surface area contributed by atoms with E-state index in [1.54, 1.807) is 0 Å². The second-order valence-electron chi connectivity index (χ2n) is 1.12. The molecule has 0 rings (SSSR count). The molecular weight excluding hydrogens is 121 g/mol. The predicted molar refractivity (Wildman–Crippen MR) is 22.5 cm³/mol. The molecule has 0 unspecified atom stereocenters. The normalized spacial score (nSPS) is 14.1. The van der Waals surface area contributed by atoms with Crippen molar-refractivity contribution in [3.05, 3.63) is 11.9 Å². The Morgan fingerprint density at radius 1 is 1.38 bits per heavy atom. The monoisotopic (exact) mass is 126 g/mol. The van der Waals surface area contributed by atoms with E-state index in [1.807, 2.05) is 0 Å². The molecule has 0 aromatic rings. The third-order valence-electron chi connectivity index (χ3n) is 0.507. The highest BCUT2D eigenvalue weighted by Gasteiger charge is 2.30. The van der Waals surface area contributed by atoms with E-state index < -0.39 is 11.9 Å². The summed E-state index contributed by atoms with van der Waals surface area (Å²) in [4.78, 5) is 0. The third-order valence-corrected chi connectivity index (χ3v) is 0.507. The van der Waals surface area contributed by atoms with E-state index in [9.17, 15) is 13.2 Å². The van der Waals surface area contributed by atoms with Gasteiger partial charge in [-0.15, -0.1) is 0 Å². The van der Waals surface area contributed by atoms with Gasteiger partial charge in [-0.1, -0.05) is 0 Å². The predicted octanol–water partition coefficient (Wildman–Crippen LogP) is 0.308. The molecule has 0 spiro atoms. The Hall–Kier alpha value is -0.870. The van der Waals surface area contributed by atoms with Crippen LogP contribution >= 0.6 is 0 Å². The Labute approximate surface area is 44.0 Å². The first-order valence-corrected chi connectivity index (χ1v) is 1.73. The van der Waals surface area contributed by atoms with Gasteiger partial charge in [0.1, 0.15) is 5.70 Å². The van der Waals surface area contributed by atoms with Crippen LogP contribution in [-0.2, 0) is 0 Å². The highest BCUT2D eigenvalue weighted by Crippen LogP contribution is 2.19. The van der Waals surface area contributed by atoms with Crippen LogP contribution in [0.3, 0.4) is 0 Å². The minimum Gasteiger partial charge on any atom is -0.403 e. The van der Waals surface area contributed by atoms with Gasteiger partial charge in [0.05, 0.1) is 0 Å². The summed E-state index contributed by atoms with van der Waals surface area (Å²) in [6.45, 7) is 0. The number of halogens is 3. The van der Waals surface area contributed by atoms with Crippen LogP contribution in [0.1, 0.15) is 0 Å². The molecule has 48 valence electrons. The zero-order valence-corrected chi connectivity index (χ0v) is 3.87. The summed E-state index contributed by atoms with van der Waals surface area (Å²) in [5.74, 6) is 0. The van der Waals surface area contributed by atoms with Gasteiger partial charge in [0.25, 0.3) is 0 Å².